The molecule has 10 heteroatoms. The average molecular weight is 357 g/mol. The van der Waals surface area contributed by atoms with Crippen molar-refractivity contribution in [3.63, 3.8) is 0 Å². The maximum absolute atomic E-state index is 13.5. The zero-order valence-corrected chi connectivity index (χ0v) is 13.3. The molecule has 0 spiro atoms. The predicted octanol–water partition coefficient (Wildman–Crippen LogP) is 2.20. The Kier molecular flexibility index (Phi) is 4.46. The van der Waals surface area contributed by atoms with E-state index >= 15 is 0 Å². The van der Waals surface area contributed by atoms with Crippen LogP contribution in [0.25, 0.3) is 0 Å². The van der Waals surface area contributed by atoms with E-state index in [9.17, 15) is 22.4 Å². The molecule has 1 aliphatic heterocycles. The molecular formula is C15H15F4N5O. The Morgan fingerprint density at radius 2 is 2.04 bits per heavy atom. The van der Waals surface area contributed by atoms with E-state index in [1.54, 1.807) is 24.0 Å². The molecule has 1 aromatic carbocycles. The van der Waals surface area contributed by atoms with Gasteiger partial charge in [-0.3, -0.25) is 9.69 Å². The first-order chi connectivity index (χ1) is 11.7. The molecule has 0 fully saturated rings. The number of carbonyl (C=O) groups is 1. The Hall–Kier alpha value is -2.49. The number of alkyl halides is 3. The highest BCUT2D eigenvalue weighted by atomic mass is 19.4. The Morgan fingerprint density at radius 1 is 1.28 bits per heavy atom. The van der Waals surface area contributed by atoms with Gasteiger partial charge in [-0.05, 0) is 24.6 Å². The van der Waals surface area contributed by atoms with Crippen LogP contribution in [0.15, 0.2) is 18.2 Å². The highest BCUT2D eigenvalue weighted by Crippen LogP contribution is 2.29. The molecule has 0 saturated carbocycles. The monoisotopic (exact) mass is 357 g/mol. The quantitative estimate of drug-likeness (QED) is 0.856. The van der Waals surface area contributed by atoms with Crippen molar-refractivity contribution < 1.29 is 22.4 Å². The second kappa shape index (κ2) is 6.43. The van der Waals surface area contributed by atoms with Crippen LogP contribution in [0.4, 0.5) is 23.2 Å². The van der Waals surface area contributed by atoms with Gasteiger partial charge in [-0.2, -0.15) is 13.2 Å². The third-order valence-electron chi connectivity index (χ3n) is 3.91. The van der Waals surface area contributed by atoms with Crippen LogP contribution in [0.5, 0.6) is 0 Å². The molecule has 1 N–H and O–H groups in total. The third-order valence-corrected chi connectivity index (χ3v) is 3.91. The van der Waals surface area contributed by atoms with Crippen molar-refractivity contribution in [2.75, 3.05) is 18.4 Å². The molecule has 0 saturated heterocycles. The van der Waals surface area contributed by atoms with Crippen LogP contribution in [0.1, 0.15) is 17.2 Å². The van der Waals surface area contributed by atoms with Gasteiger partial charge in [0.1, 0.15) is 11.6 Å². The Morgan fingerprint density at radius 3 is 2.72 bits per heavy atom. The first-order valence-corrected chi connectivity index (χ1v) is 7.51. The fourth-order valence-corrected chi connectivity index (χ4v) is 2.63. The van der Waals surface area contributed by atoms with Crippen LogP contribution in [0.3, 0.4) is 0 Å². The fraction of sp³-hybridized carbons (Fsp3) is 0.400. The van der Waals surface area contributed by atoms with Crippen molar-refractivity contribution in [3.05, 3.63) is 41.2 Å². The van der Waals surface area contributed by atoms with Crippen LogP contribution in [0.2, 0.25) is 0 Å². The number of aromatic nitrogens is 3. The molecule has 1 amide bonds. The predicted molar refractivity (Wildman–Crippen MR) is 80.1 cm³/mol. The number of fused-ring (bicyclic) bond motifs is 1. The molecule has 2 heterocycles. The van der Waals surface area contributed by atoms with E-state index in [1.165, 1.54) is 6.07 Å². The van der Waals surface area contributed by atoms with E-state index in [2.05, 4.69) is 15.5 Å². The summed E-state index contributed by atoms with van der Waals surface area (Å²) in [7, 11) is 0. The van der Waals surface area contributed by atoms with Crippen molar-refractivity contribution in [1.82, 2.24) is 19.7 Å². The van der Waals surface area contributed by atoms with Crippen LogP contribution in [-0.2, 0) is 24.1 Å². The van der Waals surface area contributed by atoms with Gasteiger partial charge in [-0.15, -0.1) is 10.2 Å². The van der Waals surface area contributed by atoms with Crippen molar-refractivity contribution in [1.29, 1.82) is 0 Å². The molecule has 134 valence electrons. The van der Waals surface area contributed by atoms with E-state index in [0.29, 0.717) is 11.3 Å². The summed E-state index contributed by atoms with van der Waals surface area (Å²) in [4.78, 5) is 13.7. The lowest BCUT2D eigenvalue weighted by Crippen LogP contribution is -2.40. The summed E-state index contributed by atoms with van der Waals surface area (Å²) in [5.41, 5.74) is 0.793. The number of hydrogen-bond donors (Lipinski definition) is 1. The number of rotatable bonds is 3. The molecule has 6 nitrogen and oxygen atoms in total. The lowest BCUT2D eigenvalue weighted by Gasteiger charge is -2.27. The Balaban J connectivity index is 1.62. The minimum absolute atomic E-state index is 0.0380. The number of amides is 1. The topological polar surface area (TPSA) is 63.1 Å². The van der Waals surface area contributed by atoms with E-state index < -0.39 is 17.8 Å². The lowest BCUT2D eigenvalue weighted by atomic mass is 10.2. The maximum atomic E-state index is 13.5. The van der Waals surface area contributed by atoms with E-state index in [1.807, 2.05) is 0 Å². The molecule has 0 atom stereocenters. The first-order valence-electron chi connectivity index (χ1n) is 7.51. The van der Waals surface area contributed by atoms with Crippen LogP contribution >= 0.6 is 0 Å². The average Bonchev–Trinajstić information content (AvgIpc) is 2.94. The molecule has 1 aromatic heterocycles. The van der Waals surface area contributed by atoms with Gasteiger partial charge in [-0.25, -0.2) is 4.39 Å². The van der Waals surface area contributed by atoms with Gasteiger partial charge in [0.05, 0.1) is 13.1 Å². The van der Waals surface area contributed by atoms with Crippen LogP contribution < -0.4 is 5.32 Å². The summed E-state index contributed by atoms with van der Waals surface area (Å²) in [6.07, 6.45) is -4.56. The van der Waals surface area contributed by atoms with Gasteiger partial charge in [0.25, 0.3) is 0 Å². The first kappa shape index (κ1) is 17.3. The fourth-order valence-electron chi connectivity index (χ4n) is 2.63. The molecule has 3 rings (SSSR count). The van der Waals surface area contributed by atoms with Gasteiger partial charge < -0.3 is 9.88 Å². The number of benzene rings is 1. The normalized spacial score (nSPS) is 15.1. The standard InChI is InChI=1S/C15H15F4N5O/c1-9-2-3-10(6-11(9)16)20-13(25)8-23-4-5-24-12(7-23)21-22-14(24)15(17,18)19/h2-3,6H,4-5,7-8H2,1H3,(H,20,25). The van der Waals surface area contributed by atoms with Gasteiger partial charge in [0, 0.05) is 18.8 Å². The van der Waals surface area contributed by atoms with Gasteiger partial charge in [0.2, 0.25) is 11.7 Å². The molecular weight excluding hydrogens is 342 g/mol. The van der Waals surface area contributed by atoms with Crippen molar-refractivity contribution in [2.24, 2.45) is 0 Å². The van der Waals surface area contributed by atoms with Gasteiger partial charge in [-0.1, -0.05) is 6.07 Å². The van der Waals surface area contributed by atoms with Crippen molar-refractivity contribution in [3.8, 4) is 0 Å². The second-order valence-corrected chi connectivity index (χ2v) is 5.81. The molecule has 0 bridgehead atoms. The number of nitrogens with one attached hydrogen (secondary N) is 1. The van der Waals surface area contributed by atoms with Crippen LogP contribution in [0, 0.1) is 12.7 Å². The maximum Gasteiger partial charge on any atom is 0.451 e. The highest BCUT2D eigenvalue weighted by molar-refractivity contribution is 5.92. The molecule has 0 unspecified atom stereocenters. The smallest absolute Gasteiger partial charge is 0.325 e. The Labute approximate surface area is 140 Å². The molecule has 25 heavy (non-hydrogen) atoms. The number of anilines is 1. The summed E-state index contributed by atoms with van der Waals surface area (Å²) in [5, 5.41) is 9.31. The molecule has 2 aromatic rings. The van der Waals surface area contributed by atoms with E-state index in [0.717, 1.165) is 4.57 Å². The number of nitrogens with zero attached hydrogens (tertiary/aromatic N) is 4. The Bertz CT molecular complexity index is 802. The molecule has 1 aliphatic rings. The number of halogens is 4. The highest BCUT2D eigenvalue weighted by Gasteiger charge is 2.39. The molecule has 0 radical (unpaired) electrons. The van der Waals surface area contributed by atoms with Crippen LogP contribution in [-0.4, -0.2) is 38.7 Å². The summed E-state index contributed by atoms with van der Waals surface area (Å²) in [5.74, 6) is -1.68. The zero-order valence-electron chi connectivity index (χ0n) is 13.3. The molecule has 0 aliphatic carbocycles. The minimum Gasteiger partial charge on any atom is -0.325 e. The van der Waals surface area contributed by atoms with E-state index in [-0.39, 0.29) is 37.9 Å². The van der Waals surface area contributed by atoms with E-state index in [4.69, 9.17) is 0 Å². The summed E-state index contributed by atoms with van der Waals surface area (Å²) >= 11 is 0. The summed E-state index contributed by atoms with van der Waals surface area (Å²) in [6.45, 7) is 1.95. The van der Waals surface area contributed by atoms with Gasteiger partial charge in [0.15, 0.2) is 0 Å². The third kappa shape index (κ3) is 3.78. The summed E-state index contributed by atoms with van der Waals surface area (Å²) in [6, 6.07) is 4.35. The number of aryl methyl sites for hydroxylation is 1. The lowest BCUT2D eigenvalue weighted by molar-refractivity contribution is -0.148. The van der Waals surface area contributed by atoms with Crippen molar-refractivity contribution in [2.45, 2.75) is 26.2 Å². The SMILES string of the molecule is Cc1ccc(NC(=O)CN2CCn3c(nnc3C(F)(F)F)C2)cc1F. The second-order valence-electron chi connectivity index (χ2n) is 5.81. The zero-order chi connectivity index (χ0) is 18.2. The minimum atomic E-state index is -4.56. The number of hydrogen-bond acceptors (Lipinski definition) is 4. The van der Waals surface area contributed by atoms with Crippen molar-refractivity contribution >= 4 is 11.6 Å². The summed E-state index contributed by atoms with van der Waals surface area (Å²) < 4.78 is 52.9. The largest absolute Gasteiger partial charge is 0.451 e. The van der Waals surface area contributed by atoms with Gasteiger partial charge >= 0.3 is 6.18 Å². The number of carbonyl (C=O) groups excluding carboxylic acids is 1.